The van der Waals surface area contributed by atoms with Gasteiger partial charge in [0.15, 0.2) is 5.71 Å². The lowest BCUT2D eigenvalue weighted by Crippen LogP contribution is -2.37. The van der Waals surface area contributed by atoms with Crippen molar-refractivity contribution in [2.24, 2.45) is 0 Å². The predicted molar refractivity (Wildman–Crippen MR) is 129 cm³/mol. The van der Waals surface area contributed by atoms with Gasteiger partial charge in [-0.25, -0.2) is 0 Å². The molecule has 1 atom stereocenters. The molecule has 0 fully saturated rings. The predicted octanol–water partition coefficient (Wildman–Crippen LogP) is 6.16. The number of nitrogens with zero attached hydrogens (tertiary/aromatic N) is 2. The van der Waals surface area contributed by atoms with Gasteiger partial charge in [0.1, 0.15) is 7.05 Å². The van der Waals surface area contributed by atoms with E-state index in [0.717, 1.165) is 0 Å². The second-order valence-corrected chi connectivity index (χ2v) is 9.51. The largest absolute Gasteiger partial charge is 0.367 e. The van der Waals surface area contributed by atoms with Crippen molar-refractivity contribution in [2.45, 2.75) is 44.6 Å². The van der Waals surface area contributed by atoms with Gasteiger partial charge in [-0.2, -0.15) is 4.58 Å². The fourth-order valence-electron chi connectivity index (χ4n) is 5.24. The molecule has 30 heavy (non-hydrogen) atoms. The summed E-state index contributed by atoms with van der Waals surface area (Å²) < 4.78 is 2.31. The third kappa shape index (κ3) is 3.15. The maximum atomic E-state index is 2.39. The van der Waals surface area contributed by atoms with E-state index < -0.39 is 0 Å². The van der Waals surface area contributed by atoms with E-state index in [2.05, 4.69) is 136 Å². The van der Waals surface area contributed by atoms with Gasteiger partial charge in [0, 0.05) is 35.9 Å². The molecule has 2 nitrogen and oxygen atoms in total. The summed E-state index contributed by atoms with van der Waals surface area (Å²) in [5.74, 6) is 0. The van der Waals surface area contributed by atoms with Crippen LogP contribution in [0.1, 0.15) is 38.8 Å². The molecule has 2 aromatic rings. The molecule has 0 saturated carbocycles. The molecule has 2 aliphatic heterocycles. The molecule has 2 heterocycles. The molecular weight excluding hydrogens is 364 g/mol. The van der Waals surface area contributed by atoms with Crippen LogP contribution in [0.25, 0.3) is 0 Å². The van der Waals surface area contributed by atoms with Crippen LogP contribution in [0.15, 0.2) is 85.0 Å². The van der Waals surface area contributed by atoms with Crippen molar-refractivity contribution >= 4 is 17.1 Å². The van der Waals surface area contributed by atoms with Crippen LogP contribution >= 0.6 is 0 Å². The number of anilines is 1. The summed E-state index contributed by atoms with van der Waals surface area (Å²) in [5.41, 5.74) is 6.90. The van der Waals surface area contributed by atoms with Gasteiger partial charge in [-0.15, -0.1) is 0 Å². The van der Waals surface area contributed by atoms with Gasteiger partial charge in [0.05, 0.1) is 11.5 Å². The quantitative estimate of drug-likeness (QED) is 0.442. The number of rotatable bonds is 4. The van der Waals surface area contributed by atoms with Crippen molar-refractivity contribution < 1.29 is 4.58 Å². The van der Waals surface area contributed by atoms with Crippen molar-refractivity contribution in [1.82, 2.24) is 0 Å². The Bertz CT molecular complexity index is 1080. The number of likely N-dealkylation sites (N-methyl/N-ethyl adjacent to an activating group) is 1. The maximum Gasteiger partial charge on any atom is 0.209 e. The minimum atomic E-state index is 0.0217. The Balaban J connectivity index is 1.47. The van der Waals surface area contributed by atoms with Gasteiger partial charge in [0.25, 0.3) is 0 Å². The molecule has 4 rings (SSSR count). The normalized spacial score (nSPS) is 21.9. The monoisotopic (exact) mass is 397 g/mol. The zero-order valence-electron chi connectivity index (χ0n) is 19.1. The van der Waals surface area contributed by atoms with Crippen LogP contribution in [0.2, 0.25) is 0 Å². The maximum absolute atomic E-state index is 2.39. The van der Waals surface area contributed by atoms with E-state index >= 15 is 0 Å². The lowest BCUT2D eigenvalue weighted by atomic mass is 9.80. The molecule has 0 saturated heterocycles. The molecule has 0 aliphatic carbocycles. The number of benzene rings is 2. The molecule has 0 aromatic heterocycles. The summed E-state index contributed by atoms with van der Waals surface area (Å²) in [6, 6.07) is 17.8. The molecule has 0 radical (unpaired) electrons. The van der Waals surface area contributed by atoms with Crippen molar-refractivity contribution in [3.05, 3.63) is 96.1 Å². The van der Waals surface area contributed by atoms with Gasteiger partial charge in [-0.1, -0.05) is 80.6 Å². The second kappa shape index (κ2) is 7.43. The van der Waals surface area contributed by atoms with Crippen LogP contribution in [0.5, 0.6) is 0 Å². The van der Waals surface area contributed by atoms with Gasteiger partial charge in [0.2, 0.25) is 5.69 Å². The molecule has 1 unspecified atom stereocenters. The first kappa shape index (κ1) is 20.4. The average molecular weight is 398 g/mol. The van der Waals surface area contributed by atoms with Gasteiger partial charge in [-0.3, -0.25) is 0 Å². The summed E-state index contributed by atoms with van der Waals surface area (Å²) >= 11 is 0. The highest BCUT2D eigenvalue weighted by Gasteiger charge is 2.42. The van der Waals surface area contributed by atoms with E-state index in [1.807, 2.05) is 0 Å². The third-order valence-electron chi connectivity index (χ3n) is 6.96. The van der Waals surface area contributed by atoms with Crippen molar-refractivity contribution in [3.63, 3.8) is 0 Å². The van der Waals surface area contributed by atoms with Crippen LogP contribution < -0.4 is 4.90 Å². The number of para-hydroxylation sites is 2. The van der Waals surface area contributed by atoms with Crippen LogP contribution in [-0.2, 0) is 10.8 Å². The molecule has 2 heteroatoms. The Morgan fingerprint density at radius 1 is 0.833 bits per heavy atom. The highest BCUT2D eigenvalue weighted by Crippen LogP contribution is 2.44. The first-order chi connectivity index (χ1) is 14.3. The molecule has 0 spiro atoms. The molecule has 154 valence electrons. The fraction of sp³-hybridized carbons (Fsp3) is 0.321. The Hall–Kier alpha value is -2.87. The van der Waals surface area contributed by atoms with E-state index in [9.17, 15) is 0 Å². The van der Waals surface area contributed by atoms with Crippen molar-refractivity contribution in [1.29, 1.82) is 0 Å². The Morgan fingerprint density at radius 3 is 2.17 bits per heavy atom. The summed E-state index contributed by atoms with van der Waals surface area (Å²) in [5, 5.41) is 0. The lowest BCUT2D eigenvalue weighted by Gasteiger charge is -2.29. The Kier molecular flexibility index (Phi) is 5.05. The summed E-state index contributed by atoms with van der Waals surface area (Å²) in [4.78, 5) is 2.39. The van der Waals surface area contributed by atoms with Gasteiger partial charge < -0.3 is 4.90 Å². The summed E-state index contributed by atoms with van der Waals surface area (Å²) in [6.45, 7) is 9.27. The zero-order chi connectivity index (χ0) is 21.5. The minimum absolute atomic E-state index is 0.0217. The molecule has 2 aromatic carbocycles. The fourth-order valence-corrected chi connectivity index (χ4v) is 5.24. The number of hydrogen-bond donors (Lipinski definition) is 0. The smallest absolute Gasteiger partial charge is 0.209 e. The third-order valence-corrected chi connectivity index (χ3v) is 6.96. The van der Waals surface area contributed by atoms with E-state index in [-0.39, 0.29) is 10.8 Å². The van der Waals surface area contributed by atoms with Crippen LogP contribution in [0.3, 0.4) is 0 Å². The Morgan fingerprint density at radius 2 is 1.47 bits per heavy atom. The van der Waals surface area contributed by atoms with Gasteiger partial charge in [-0.05, 0) is 25.5 Å². The molecular formula is C28H33N2+. The van der Waals surface area contributed by atoms with E-state index in [1.54, 1.807) is 0 Å². The van der Waals surface area contributed by atoms with E-state index in [1.165, 1.54) is 28.2 Å². The first-order valence-corrected chi connectivity index (χ1v) is 10.8. The first-order valence-electron chi connectivity index (χ1n) is 10.8. The SMILES string of the molecule is CN1c2ccccc2C(C)(C)C1/C=C/C=C/C=C/C1=[N+](C)c2ccccc2C1(C)C. The Labute approximate surface area is 181 Å². The van der Waals surface area contributed by atoms with Crippen molar-refractivity contribution in [2.75, 3.05) is 19.0 Å². The summed E-state index contributed by atoms with van der Waals surface area (Å²) in [6.07, 6.45) is 13.2. The van der Waals surface area contributed by atoms with Crippen molar-refractivity contribution in [3.8, 4) is 0 Å². The van der Waals surface area contributed by atoms with Gasteiger partial charge >= 0.3 is 0 Å². The molecule has 0 N–H and O–H groups in total. The lowest BCUT2D eigenvalue weighted by molar-refractivity contribution is -0.401. The highest BCUT2D eigenvalue weighted by molar-refractivity contribution is 6.03. The number of fused-ring (bicyclic) bond motifs is 2. The van der Waals surface area contributed by atoms with E-state index in [4.69, 9.17) is 0 Å². The topological polar surface area (TPSA) is 6.25 Å². The second-order valence-electron chi connectivity index (χ2n) is 9.51. The van der Waals surface area contributed by atoms with Crippen LogP contribution in [-0.4, -0.2) is 30.4 Å². The highest BCUT2D eigenvalue weighted by atomic mass is 15.2. The molecule has 0 amide bonds. The number of hydrogen-bond acceptors (Lipinski definition) is 1. The number of allylic oxidation sites excluding steroid dienone is 5. The summed E-state index contributed by atoms with van der Waals surface area (Å²) in [7, 11) is 4.35. The van der Waals surface area contributed by atoms with Crippen LogP contribution in [0.4, 0.5) is 11.4 Å². The van der Waals surface area contributed by atoms with E-state index in [0.29, 0.717) is 6.04 Å². The minimum Gasteiger partial charge on any atom is -0.367 e. The van der Waals surface area contributed by atoms with Crippen LogP contribution in [0, 0.1) is 0 Å². The standard InChI is InChI=1S/C28H33N2/c1-27(2)21-15-11-13-17-23(21)29(5)25(27)19-9-7-8-10-20-26-28(3,4)22-16-12-14-18-24(22)30(26)6/h7-20,25H,1-6H3/q+1/b8-7+,19-9+,20-10+. The average Bonchev–Trinajstić information content (AvgIpc) is 3.04. The molecule has 0 bridgehead atoms. The zero-order valence-corrected chi connectivity index (χ0v) is 19.1. The molecule has 2 aliphatic rings.